The zero-order valence-electron chi connectivity index (χ0n) is 5.76. The molecule has 3 nitrogen and oxygen atoms in total. The predicted molar refractivity (Wildman–Crippen MR) is 31.9 cm³/mol. The minimum Gasteiger partial charge on any atom is -0.372 e. The monoisotopic (exact) mass is 168 g/mol. The molecule has 0 radical (unpaired) electrons. The van der Waals surface area contributed by atoms with Gasteiger partial charge in [-0.2, -0.15) is 18.3 Å². The van der Waals surface area contributed by atoms with Crippen LogP contribution >= 0.6 is 0 Å². The Morgan fingerprint density at radius 1 is 1.64 bits per heavy atom. The summed E-state index contributed by atoms with van der Waals surface area (Å²) in [6.07, 6.45) is -5.99. The zero-order valence-corrected chi connectivity index (χ0v) is 5.76. The number of hydrogen-bond acceptors (Lipinski definition) is 3. The largest absolute Gasteiger partial charge is 0.431 e. The van der Waals surface area contributed by atoms with Crippen molar-refractivity contribution in [1.82, 2.24) is 5.01 Å². The van der Waals surface area contributed by atoms with Crippen LogP contribution in [-0.4, -0.2) is 35.3 Å². The SMILES string of the molecule is CN1N=C(C(F)(F)F)CC1O. The number of hydrazone groups is 1. The second kappa shape index (κ2) is 2.37. The van der Waals surface area contributed by atoms with Crippen LogP contribution in [0.5, 0.6) is 0 Å². The van der Waals surface area contributed by atoms with Crippen LogP contribution in [0.25, 0.3) is 0 Å². The molecule has 1 rings (SSSR count). The summed E-state index contributed by atoms with van der Waals surface area (Å²) >= 11 is 0. The van der Waals surface area contributed by atoms with Crippen LogP contribution < -0.4 is 0 Å². The summed E-state index contributed by atoms with van der Waals surface area (Å²) in [5.41, 5.74) is -0.924. The Hall–Kier alpha value is -0.780. The van der Waals surface area contributed by atoms with Gasteiger partial charge < -0.3 is 5.11 Å². The van der Waals surface area contributed by atoms with E-state index in [9.17, 15) is 13.2 Å². The van der Waals surface area contributed by atoms with E-state index in [0.717, 1.165) is 5.01 Å². The van der Waals surface area contributed by atoms with Gasteiger partial charge >= 0.3 is 6.18 Å². The lowest BCUT2D eigenvalue weighted by Gasteiger charge is -2.10. The summed E-state index contributed by atoms with van der Waals surface area (Å²) in [5, 5.41) is 12.9. The van der Waals surface area contributed by atoms with E-state index >= 15 is 0 Å². The van der Waals surface area contributed by atoms with Crippen molar-refractivity contribution in [3.05, 3.63) is 0 Å². The van der Waals surface area contributed by atoms with Gasteiger partial charge in [0, 0.05) is 13.5 Å². The van der Waals surface area contributed by atoms with E-state index in [2.05, 4.69) is 5.10 Å². The highest BCUT2D eigenvalue weighted by Crippen LogP contribution is 2.25. The van der Waals surface area contributed by atoms with Crippen LogP contribution in [0.4, 0.5) is 13.2 Å². The molecule has 11 heavy (non-hydrogen) atoms. The molecule has 0 aromatic carbocycles. The number of rotatable bonds is 0. The molecule has 1 N–H and O–H groups in total. The number of nitrogens with zero attached hydrogens (tertiary/aromatic N) is 2. The van der Waals surface area contributed by atoms with Crippen molar-refractivity contribution < 1.29 is 18.3 Å². The minimum absolute atomic E-state index is 0.444. The van der Waals surface area contributed by atoms with Crippen LogP contribution in [0.3, 0.4) is 0 Å². The Balaban J connectivity index is 2.71. The Kier molecular flexibility index (Phi) is 1.79. The van der Waals surface area contributed by atoms with Crippen molar-refractivity contribution in [2.24, 2.45) is 5.10 Å². The van der Waals surface area contributed by atoms with Gasteiger partial charge in [0.25, 0.3) is 0 Å². The summed E-state index contributed by atoms with van der Waals surface area (Å²) < 4.78 is 35.5. The lowest BCUT2D eigenvalue weighted by Crippen LogP contribution is -2.24. The maximum Gasteiger partial charge on any atom is 0.431 e. The normalized spacial score (nSPS) is 25.7. The molecule has 1 aliphatic heterocycles. The molecule has 64 valence electrons. The van der Waals surface area contributed by atoms with Crippen molar-refractivity contribution >= 4 is 5.71 Å². The van der Waals surface area contributed by atoms with Crippen molar-refractivity contribution in [3.8, 4) is 0 Å². The standard InChI is InChI=1S/C5H7F3N2O/c1-10-4(11)2-3(9-10)5(6,7)8/h4,11H,2H2,1H3. The molecule has 0 aromatic rings. The predicted octanol–water partition coefficient (Wildman–Crippen LogP) is 0.559. The topological polar surface area (TPSA) is 35.8 Å². The molecule has 1 atom stereocenters. The van der Waals surface area contributed by atoms with E-state index in [1.807, 2.05) is 0 Å². The first kappa shape index (κ1) is 8.32. The highest BCUT2D eigenvalue weighted by atomic mass is 19.4. The molecule has 1 aliphatic rings. The van der Waals surface area contributed by atoms with E-state index in [0.29, 0.717) is 0 Å². The molecule has 6 heteroatoms. The van der Waals surface area contributed by atoms with Gasteiger partial charge in [0.2, 0.25) is 0 Å². The van der Waals surface area contributed by atoms with Crippen LogP contribution in [-0.2, 0) is 0 Å². The molecule has 0 bridgehead atoms. The fourth-order valence-corrected chi connectivity index (χ4v) is 0.775. The molecule has 0 aliphatic carbocycles. The van der Waals surface area contributed by atoms with Crippen LogP contribution in [0, 0.1) is 0 Å². The number of alkyl halides is 3. The number of halogens is 3. The maximum absolute atomic E-state index is 11.8. The highest BCUT2D eigenvalue weighted by Gasteiger charge is 2.41. The lowest BCUT2D eigenvalue weighted by molar-refractivity contribution is -0.0607. The number of hydrogen-bond donors (Lipinski definition) is 1. The van der Waals surface area contributed by atoms with Gasteiger partial charge in [-0.05, 0) is 0 Å². The Morgan fingerprint density at radius 2 is 2.18 bits per heavy atom. The minimum atomic E-state index is -4.41. The third-order valence-electron chi connectivity index (χ3n) is 1.41. The third-order valence-corrected chi connectivity index (χ3v) is 1.41. The molecule has 0 amide bonds. The average molecular weight is 168 g/mol. The fourth-order valence-electron chi connectivity index (χ4n) is 0.775. The van der Waals surface area contributed by atoms with Gasteiger partial charge in [-0.25, -0.2) is 0 Å². The molecular formula is C5H7F3N2O. The summed E-state index contributed by atoms with van der Waals surface area (Å²) in [5.74, 6) is 0. The Morgan fingerprint density at radius 3 is 2.36 bits per heavy atom. The summed E-state index contributed by atoms with van der Waals surface area (Å²) in [6.45, 7) is 0. The fraction of sp³-hybridized carbons (Fsp3) is 0.800. The van der Waals surface area contributed by atoms with E-state index in [1.54, 1.807) is 0 Å². The third kappa shape index (κ3) is 1.62. The van der Waals surface area contributed by atoms with Crippen LogP contribution in [0.15, 0.2) is 5.10 Å². The van der Waals surface area contributed by atoms with E-state index in [1.165, 1.54) is 7.05 Å². The molecule has 1 heterocycles. The average Bonchev–Trinajstić information content (AvgIpc) is 2.11. The van der Waals surface area contributed by atoms with Gasteiger partial charge in [-0.3, -0.25) is 5.01 Å². The van der Waals surface area contributed by atoms with Crippen LogP contribution in [0.2, 0.25) is 0 Å². The van der Waals surface area contributed by atoms with Gasteiger partial charge in [-0.1, -0.05) is 0 Å². The first-order valence-corrected chi connectivity index (χ1v) is 2.97. The van der Waals surface area contributed by atoms with Crippen molar-refractivity contribution in [2.45, 2.75) is 18.8 Å². The van der Waals surface area contributed by atoms with Gasteiger partial charge in [-0.15, -0.1) is 0 Å². The van der Waals surface area contributed by atoms with Crippen molar-refractivity contribution in [1.29, 1.82) is 0 Å². The first-order chi connectivity index (χ1) is 4.91. The number of aliphatic hydroxyl groups is 1. The summed E-state index contributed by atoms with van der Waals surface area (Å²) in [4.78, 5) is 0. The highest BCUT2D eigenvalue weighted by molar-refractivity contribution is 5.90. The second-order valence-corrected chi connectivity index (χ2v) is 2.30. The summed E-state index contributed by atoms with van der Waals surface area (Å²) in [6, 6.07) is 0. The molecule has 0 saturated carbocycles. The van der Waals surface area contributed by atoms with Crippen LogP contribution in [0.1, 0.15) is 6.42 Å². The maximum atomic E-state index is 11.8. The van der Waals surface area contributed by atoms with Gasteiger partial charge in [0.05, 0.1) is 0 Å². The van der Waals surface area contributed by atoms with Crippen molar-refractivity contribution in [2.75, 3.05) is 7.05 Å². The smallest absolute Gasteiger partial charge is 0.372 e. The zero-order chi connectivity index (χ0) is 8.65. The lowest BCUT2D eigenvalue weighted by atomic mass is 10.2. The molecule has 0 aromatic heterocycles. The molecule has 1 unspecified atom stereocenters. The quantitative estimate of drug-likeness (QED) is 0.573. The van der Waals surface area contributed by atoms with Gasteiger partial charge in [0.1, 0.15) is 11.9 Å². The van der Waals surface area contributed by atoms with E-state index in [4.69, 9.17) is 5.11 Å². The summed E-state index contributed by atoms with van der Waals surface area (Å²) in [7, 11) is 1.30. The van der Waals surface area contributed by atoms with E-state index < -0.39 is 24.5 Å². The second-order valence-electron chi connectivity index (χ2n) is 2.30. The molecule has 0 saturated heterocycles. The first-order valence-electron chi connectivity index (χ1n) is 2.97. The molecular weight excluding hydrogens is 161 g/mol. The van der Waals surface area contributed by atoms with E-state index in [-0.39, 0.29) is 0 Å². The number of aliphatic hydroxyl groups excluding tert-OH is 1. The molecule has 0 spiro atoms. The van der Waals surface area contributed by atoms with Crippen molar-refractivity contribution in [3.63, 3.8) is 0 Å². The Bertz CT molecular complexity index is 189. The Labute approximate surface area is 61.1 Å². The van der Waals surface area contributed by atoms with Gasteiger partial charge in [0.15, 0.2) is 0 Å². The molecule has 0 fully saturated rings.